The first-order valence-electron chi connectivity index (χ1n) is 8.30. The third-order valence-electron chi connectivity index (χ3n) is 4.07. The molecule has 0 radical (unpaired) electrons. The van der Waals surface area contributed by atoms with Gasteiger partial charge in [0.05, 0.1) is 30.2 Å². The molecule has 9 heteroatoms. The van der Waals surface area contributed by atoms with Crippen LogP contribution >= 0.6 is 0 Å². The molecular weight excluding hydrogens is 368 g/mol. The molecule has 140 valence electrons. The quantitative estimate of drug-likeness (QED) is 0.810. The van der Waals surface area contributed by atoms with Crippen LogP contribution in [0.3, 0.4) is 0 Å². The maximum Gasteiger partial charge on any atom is 0.263 e. The summed E-state index contributed by atoms with van der Waals surface area (Å²) in [5.74, 6) is 0.412. The van der Waals surface area contributed by atoms with Crippen LogP contribution in [0.2, 0.25) is 0 Å². The molecule has 1 aliphatic rings. The molecule has 0 saturated carbocycles. The Kier molecular flexibility index (Phi) is 5.28. The summed E-state index contributed by atoms with van der Waals surface area (Å²) < 4.78 is 32.0. The minimum atomic E-state index is -3.67. The predicted octanol–water partition coefficient (Wildman–Crippen LogP) is 1.65. The zero-order valence-electron chi connectivity index (χ0n) is 14.6. The van der Waals surface area contributed by atoms with Gasteiger partial charge in [0.1, 0.15) is 17.6 Å². The lowest BCUT2D eigenvalue weighted by Crippen LogP contribution is -2.38. The normalized spacial score (nSPS) is 17.0. The van der Waals surface area contributed by atoms with Gasteiger partial charge in [0.15, 0.2) is 0 Å². The fourth-order valence-corrected chi connectivity index (χ4v) is 4.02. The molecule has 1 N–H and O–H groups in total. The van der Waals surface area contributed by atoms with Crippen LogP contribution in [0, 0.1) is 11.3 Å². The minimum Gasteiger partial charge on any atom is -0.467 e. The van der Waals surface area contributed by atoms with Gasteiger partial charge in [-0.15, -0.1) is 0 Å². The fourth-order valence-electron chi connectivity index (χ4n) is 2.79. The molecule has 0 fully saturated rings. The molecule has 0 unspecified atom stereocenters. The summed E-state index contributed by atoms with van der Waals surface area (Å²) in [6.45, 7) is 2.03. The highest BCUT2D eigenvalue weighted by atomic mass is 32.2. The van der Waals surface area contributed by atoms with Crippen molar-refractivity contribution >= 4 is 21.8 Å². The summed E-state index contributed by atoms with van der Waals surface area (Å²) in [6.07, 6.45) is 1.68. The number of aliphatic imine (C=N–C) groups is 1. The number of carbonyl (C=O) groups is 1. The van der Waals surface area contributed by atoms with Gasteiger partial charge in [0, 0.05) is 12.1 Å². The molecule has 3 rings (SSSR count). The van der Waals surface area contributed by atoms with E-state index < -0.39 is 16.1 Å². The van der Waals surface area contributed by atoms with Crippen LogP contribution in [0.5, 0.6) is 0 Å². The zero-order valence-corrected chi connectivity index (χ0v) is 15.4. The van der Waals surface area contributed by atoms with Crippen LogP contribution in [0.25, 0.3) is 0 Å². The van der Waals surface area contributed by atoms with Crippen molar-refractivity contribution in [1.29, 1.82) is 5.26 Å². The van der Waals surface area contributed by atoms with Gasteiger partial charge in [0.2, 0.25) is 5.91 Å². The van der Waals surface area contributed by atoms with E-state index in [4.69, 9.17) is 9.68 Å². The molecule has 1 aromatic heterocycles. The first-order chi connectivity index (χ1) is 12.9. The van der Waals surface area contributed by atoms with E-state index in [2.05, 4.69) is 9.71 Å². The van der Waals surface area contributed by atoms with E-state index in [1.165, 1.54) is 17.2 Å². The number of nitriles is 1. The van der Waals surface area contributed by atoms with Gasteiger partial charge < -0.3 is 9.32 Å². The topological polar surface area (TPSA) is 116 Å². The number of furan rings is 1. The number of benzene rings is 1. The average Bonchev–Trinajstić information content (AvgIpc) is 3.25. The summed E-state index contributed by atoms with van der Waals surface area (Å²) in [5, 5.41) is 8.84. The second-order valence-corrected chi connectivity index (χ2v) is 7.65. The Morgan fingerprint density at radius 2 is 2.11 bits per heavy atom. The highest BCUT2D eigenvalue weighted by molar-refractivity contribution is 7.90. The number of sulfonamides is 1. The highest BCUT2D eigenvalue weighted by Crippen LogP contribution is 2.22. The van der Waals surface area contributed by atoms with E-state index in [-0.39, 0.29) is 36.1 Å². The molecule has 27 heavy (non-hydrogen) atoms. The van der Waals surface area contributed by atoms with E-state index in [9.17, 15) is 13.2 Å². The van der Waals surface area contributed by atoms with Crippen molar-refractivity contribution < 1.29 is 17.6 Å². The number of carbonyl (C=O) groups excluding carboxylic acids is 1. The number of amidine groups is 1. The molecule has 0 saturated heterocycles. The number of rotatable bonds is 6. The third-order valence-corrected chi connectivity index (χ3v) is 5.47. The molecule has 1 aliphatic heterocycles. The summed E-state index contributed by atoms with van der Waals surface area (Å²) in [5.41, 5.74) is 0.437. The number of amides is 1. The van der Waals surface area contributed by atoms with Crippen LogP contribution in [-0.2, 0) is 21.4 Å². The Hall–Kier alpha value is -3.12. The minimum absolute atomic E-state index is 0.139. The number of nitrogens with zero attached hydrogens (tertiary/aromatic N) is 3. The van der Waals surface area contributed by atoms with Crippen LogP contribution < -0.4 is 4.72 Å². The van der Waals surface area contributed by atoms with Gasteiger partial charge in [-0.3, -0.25) is 14.5 Å². The lowest BCUT2D eigenvalue weighted by Gasteiger charge is -2.22. The van der Waals surface area contributed by atoms with Gasteiger partial charge in [-0.2, -0.15) is 5.26 Å². The molecule has 0 bridgehead atoms. The van der Waals surface area contributed by atoms with E-state index in [0.717, 1.165) is 0 Å². The van der Waals surface area contributed by atoms with Gasteiger partial charge in [-0.25, -0.2) is 8.42 Å². The molecule has 8 nitrogen and oxygen atoms in total. The zero-order chi connectivity index (χ0) is 19.4. The summed E-state index contributed by atoms with van der Waals surface area (Å²) in [7, 11) is -3.67. The van der Waals surface area contributed by atoms with Crippen molar-refractivity contribution in [3.05, 3.63) is 54.0 Å². The molecule has 1 aromatic carbocycles. The standard InChI is InChI=1S/C18H18N4O4S/c1-13(18(23)22(10-5-9-19)12-14-6-4-11-26-14)20-17-15-7-2-3-8-16(15)27(24,25)21-17/h2-4,6-8,11,13H,5,10,12H2,1H3,(H,20,21)/t13-/m0/s1. The van der Waals surface area contributed by atoms with E-state index in [0.29, 0.717) is 11.3 Å². The van der Waals surface area contributed by atoms with E-state index in [1.807, 2.05) is 6.07 Å². The second-order valence-electron chi connectivity index (χ2n) is 6.00. The predicted molar refractivity (Wildman–Crippen MR) is 97.1 cm³/mol. The number of fused-ring (bicyclic) bond motifs is 1. The molecule has 2 heterocycles. The molecule has 1 amide bonds. The largest absolute Gasteiger partial charge is 0.467 e. The summed E-state index contributed by atoms with van der Waals surface area (Å²) in [6, 6.07) is 11.1. The molecule has 1 atom stereocenters. The fraction of sp³-hybridized carbons (Fsp3) is 0.278. The Morgan fingerprint density at radius 3 is 2.81 bits per heavy atom. The SMILES string of the molecule is C[C@H](N=C1NS(=O)(=O)c2ccccc21)C(=O)N(CCC#N)Cc1ccco1. The first kappa shape index (κ1) is 18.7. The number of hydrogen-bond donors (Lipinski definition) is 1. The van der Waals surface area contributed by atoms with Crippen molar-refractivity contribution in [3.63, 3.8) is 0 Å². The van der Waals surface area contributed by atoms with E-state index in [1.54, 1.807) is 37.3 Å². The van der Waals surface area contributed by atoms with Crippen LogP contribution in [-0.4, -0.2) is 37.6 Å². The van der Waals surface area contributed by atoms with Crippen LogP contribution in [0.15, 0.2) is 57.0 Å². The van der Waals surface area contributed by atoms with Gasteiger partial charge in [0.25, 0.3) is 10.0 Å². The first-order valence-corrected chi connectivity index (χ1v) is 9.79. The third kappa shape index (κ3) is 4.01. The molecule has 0 spiro atoms. The van der Waals surface area contributed by atoms with Crippen molar-refractivity contribution in [2.75, 3.05) is 6.54 Å². The lowest BCUT2D eigenvalue weighted by molar-refractivity contribution is -0.132. The van der Waals surface area contributed by atoms with Crippen molar-refractivity contribution in [2.24, 2.45) is 4.99 Å². The van der Waals surface area contributed by atoms with Crippen LogP contribution in [0.4, 0.5) is 0 Å². The Labute approximate surface area is 157 Å². The monoisotopic (exact) mass is 386 g/mol. The highest BCUT2D eigenvalue weighted by Gasteiger charge is 2.31. The smallest absolute Gasteiger partial charge is 0.263 e. The lowest BCUT2D eigenvalue weighted by atomic mass is 10.2. The average molecular weight is 386 g/mol. The van der Waals surface area contributed by atoms with Crippen molar-refractivity contribution in [3.8, 4) is 6.07 Å². The molecule has 2 aromatic rings. The summed E-state index contributed by atoms with van der Waals surface area (Å²) in [4.78, 5) is 18.7. The summed E-state index contributed by atoms with van der Waals surface area (Å²) >= 11 is 0. The second kappa shape index (κ2) is 7.63. The van der Waals surface area contributed by atoms with Crippen molar-refractivity contribution in [1.82, 2.24) is 9.62 Å². The maximum atomic E-state index is 12.8. The van der Waals surface area contributed by atoms with Gasteiger partial charge in [-0.1, -0.05) is 12.1 Å². The molecular formula is C18H18N4O4S. The Bertz CT molecular complexity index is 1010. The Morgan fingerprint density at radius 1 is 1.33 bits per heavy atom. The van der Waals surface area contributed by atoms with Crippen molar-refractivity contribution in [2.45, 2.75) is 30.8 Å². The van der Waals surface area contributed by atoms with E-state index >= 15 is 0 Å². The van der Waals surface area contributed by atoms with Crippen LogP contribution in [0.1, 0.15) is 24.7 Å². The van der Waals surface area contributed by atoms with Gasteiger partial charge >= 0.3 is 0 Å². The number of nitrogens with one attached hydrogen (secondary N) is 1. The van der Waals surface area contributed by atoms with Gasteiger partial charge in [-0.05, 0) is 31.2 Å². The Balaban J connectivity index is 1.83. The molecule has 0 aliphatic carbocycles. The number of hydrogen-bond acceptors (Lipinski definition) is 6. The maximum absolute atomic E-state index is 12.8.